The minimum Gasteiger partial charge on any atom is -0.324 e. The maximum Gasteiger partial charge on any atom is 0.143 e. The van der Waals surface area contributed by atoms with Gasteiger partial charge in [-0.3, -0.25) is 0 Å². The minimum atomic E-state index is 0.334. The van der Waals surface area contributed by atoms with Crippen molar-refractivity contribution in [1.82, 2.24) is 9.97 Å². The van der Waals surface area contributed by atoms with Crippen molar-refractivity contribution in [2.45, 2.75) is 26.3 Å². The normalized spacial score (nSPS) is 10.8. The van der Waals surface area contributed by atoms with E-state index in [0.717, 1.165) is 5.69 Å². The van der Waals surface area contributed by atoms with Crippen molar-refractivity contribution in [2.24, 2.45) is 5.73 Å². The first-order valence-corrected chi connectivity index (χ1v) is 4.24. The Hall–Kier alpha value is -0.670. The highest BCUT2D eigenvalue weighted by atomic mass is 35.5. The largest absolute Gasteiger partial charge is 0.324 e. The van der Waals surface area contributed by atoms with E-state index in [9.17, 15) is 0 Å². The second kappa shape index (κ2) is 3.83. The van der Waals surface area contributed by atoms with Crippen LogP contribution in [0.5, 0.6) is 0 Å². The number of hydrogen-bond donors (Lipinski definition) is 1. The lowest BCUT2D eigenvalue weighted by Gasteiger charge is -2.05. The molecule has 0 radical (unpaired) electrons. The third kappa shape index (κ3) is 2.16. The van der Waals surface area contributed by atoms with Gasteiger partial charge < -0.3 is 5.73 Å². The van der Waals surface area contributed by atoms with E-state index in [1.54, 1.807) is 6.07 Å². The van der Waals surface area contributed by atoms with Crippen LogP contribution in [0.15, 0.2) is 6.07 Å². The number of halogens is 1. The van der Waals surface area contributed by atoms with Crippen molar-refractivity contribution in [1.29, 1.82) is 0 Å². The Labute approximate surface area is 77.0 Å². The predicted molar refractivity (Wildman–Crippen MR) is 49.0 cm³/mol. The molecule has 0 saturated heterocycles. The van der Waals surface area contributed by atoms with Crippen molar-refractivity contribution in [3.05, 3.63) is 22.7 Å². The summed E-state index contributed by atoms with van der Waals surface area (Å²) in [5, 5.41) is 0.467. The van der Waals surface area contributed by atoms with Gasteiger partial charge in [0.15, 0.2) is 0 Å². The summed E-state index contributed by atoms with van der Waals surface area (Å²) in [7, 11) is 0. The van der Waals surface area contributed by atoms with Crippen LogP contribution in [0.25, 0.3) is 0 Å². The molecule has 4 heteroatoms. The van der Waals surface area contributed by atoms with Gasteiger partial charge in [0.2, 0.25) is 0 Å². The molecule has 0 bridgehead atoms. The van der Waals surface area contributed by atoms with Crippen LogP contribution in [0.4, 0.5) is 0 Å². The molecule has 1 heterocycles. The SMILES string of the molecule is CC(C)c1cc(Cl)nc(CN)n1. The van der Waals surface area contributed by atoms with E-state index in [1.165, 1.54) is 0 Å². The molecule has 0 unspecified atom stereocenters. The first-order valence-electron chi connectivity index (χ1n) is 3.87. The quantitative estimate of drug-likeness (QED) is 0.714. The lowest BCUT2D eigenvalue weighted by molar-refractivity contribution is 0.781. The van der Waals surface area contributed by atoms with Crippen molar-refractivity contribution in [2.75, 3.05) is 0 Å². The fourth-order valence-electron chi connectivity index (χ4n) is 0.871. The van der Waals surface area contributed by atoms with E-state index in [1.807, 2.05) is 0 Å². The van der Waals surface area contributed by atoms with Crippen molar-refractivity contribution in [3.8, 4) is 0 Å². The van der Waals surface area contributed by atoms with E-state index in [2.05, 4.69) is 23.8 Å². The number of rotatable bonds is 2. The zero-order valence-electron chi connectivity index (χ0n) is 7.21. The number of aromatic nitrogens is 2. The molecule has 1 rings (SSSR count). The molecule has 3 nitrogen and oxygen atoms in total. The number of hydrogen-bond acceptors (Lipinski definition) is 3. The topological polar surface area (TPSA) is 51.8 Å². The zero-order chi connectivity index (χ0) is 9.14. The van der Waals surface area contributed by atoms with Gasteiger partial charge in [-0.05, 0) is 12.0 Å². The fraction of sp³-hybridized carbons (Fsp3) is 0.500. The summed E-state index contributed by atoms with van der Waals surface area (Å²) in [5.41, 5.74) is 6.34. The smallest absolute Gasteiger partial charge is 0.143 e. The molecule has 0 amide bonds. The van der Waals surface area contributed by atoms with E-state index in [0.29, 0.717) is 23.4 Å². The van der Waals surface area contributed by atoms with Crippen LogP contribution < -0.4 is 5.73 Å². The highest BCUT2D eigenvalue weighted by Gasteiger charge is 2.04. The lowest BCUT2D eigenvalue weighted by Crippen LogP contribution is -2.06. The van der Waals surface area contributed by atoms with Gasteiger partial charge in [-0.25, -0.2) is 9.97 Å². The van der Waals surface area contributed by atoms with E-state index < -0.39 is 0 Å². The van der Waals surface area contributed by atoms with Crippen molar-refractivity contribution < 1.29 is 0 Å². The van der Waals surface area contributed by atoms with Gasteiger partial charge in [-0.2, -0.15) is 0 Å². The maximum atomic E-state index is 5.77. The summed E-state index contributed by atoms with van der Waals surface area (Å²) in [6, 6.07) is 1.77. The third-order valence-electron chi connectivity index (χ3n) is 1.54. The third-order valence-corrected chi connectivity index (χ3v) is 1.73. The van der Waals surface area contributed by atoms with Crippen LogP contribution in [-0.2, 0) is 6.54 Å². The van der Waals surface area contributed by atoms with Crippen molar-refractivity contribution >= 4 is 11.6 Å². The Morgan fingerprint density at radius 3 is 2.67 bits per heavy atom. The van der Waals surface area contributed by atoms with Crippen molar-refractivity contribution in [3.63, 3.8) is 0 Å². The van der Waals surface area contributed by atoms with Gasteiger partial charge in [-0.1, -0.05) is 25.4 Å². The molecule has 0 atom stereocenters. The number of nitrogens with zero attached hydrogens (tertiary/aromatic N) is 2. The summed E-state index contributed by atoms with van der Waals surface area (Å²) in [4.78, 5) is 8.20. The summed E-state index contributed by atoms with van der Waals surface area (Å²) in [6.45, 7) is 4.44. The second-order valence-electron chi connectivity index (χ2n) is 2.89. The Balaban J connectivity index is 3.06. The molecule has 66 valence electrons. The summed E-state index contributed by atoms with van der Waals surface area (Å²) in [5.74, 6) is 0.960. The molecular formula is C8H12ClN3. The Morgan fingerprint density at radius 2 is 2.17 bits per heavy atom. The van der Waals surface area contributed by atoms with Crippen LogP contribution in [0.2, 0.25) is 5.15 Å². The first kappa shape index (κ1) is 9.42. The Kier molecular flexibility index (Phi) is 3.00. The maximum absolute atomic E-state index is 5.77. The summed E-state index contributed by atoms with van der Waals surface area (Å²) in [6.07, 6.45) is 0. The molecule has 1 aromatic heterocycles. The average molecular weight is 186 g/mol. The van der Waals surface area contributed by atoms with E-state index in [4.69, 9.17) is 17.3 Å². The van der Waals surface area contributed by atoms with Gasteiger partial charge in [0.25, 0.3) is 0 Å². The highest BCUT2D eigenvalue weighted by Crippen LogP contribution is 2.15. The Morgan fingerprint density at radius 1 is 1.50 bits per heavy atom. The number of nitrogens with two attached hydrogens (primary N) is 1. The van der Waals surface area contributed by atoms with Gasteiger partial charge in [0, 0.05) is 5.69 Å². The van der Waals surface area contributed by atoms with E-state index in [-0.39, 0.29) is 0 Å². The average Bonchev–Trinajstić information content (AvgIpc) is 2.03. The minimum absolute atomic E-state index is 0.334. The monoisotopic (exact) mass is 185 g/mol. The predicted octanol–water partition coefficient (Wildman–Crippen LogP) is 1.71. The molecule has 0 aliphatic heterocycles. The summed E-state index contributed by atoms with van der Waals surface area (Å²) < 4.78 is 0. The molecule has 0 aliphatic carbocycles. The fourth-order valence-corrected chi connectivity index (χ4v) is 1.08. The molecule has 0 spiro atoms. The standard InChI is InChI=1S/C8H12ClN3/c1-5(2)6-3-7(9)12-8(4-10)11-6/h3,5H,4,10H2,1-2H3. The van der Waals surface area contributed by atoms with Gasteiger partial charge in [-0.15, -0.1) is 0 Å². The van der Waals surface area contributed by atoms with Gasteiger partial charge >= 0.3 is 0 Å². The molecule has 12 heavy (non-hydrogen) atoms. The molecule has 0 fully saturated rings. The molecular weight excluding hydrogens is 174 g/mol. The van der Waals surface area contributed by atoms with E-state index >= 15 is 0 Å². The molecule has 0 aliphatic rings. The van der Waals surface area contributed by atoms with Crippen LogP contribution in [0.3, 0.4) is 0 Å². The zero-order valence-corrected chi connectivity index (χ0v) is 7.97. The van der Waals surface area contributed by atoms with Gasteiger partial charge in [0.1, 0.15) is 11.0 Å². The van der Waals surface area contributed by atoms with Crippen LogP contribution >= 0.6 is 11.6 Å². The Bertz CT molecular complexity index is 273. The first-order chi connectivity index (χ1) is 5.63. The summed E-state index contributed by atoms with van der Waals surface area (Å²) >= 11 is 5.77. The highest BCUT2D eigenvalue weighted by molar-refractivity contribution is 6.29. The molecule has 2 N–H and O–H groups in total. The molecule has 1 aromatic rings. The second-order valence-corrected chi connectivity index (χ2v) is 3.28. The van der Waals surface area contributed by atoms with Crippen LogP contribution in [-0.4, -0.2) is 9.97 Å². The van der Waals surface area contributed by atoms with Gasteiger partial charge in [0.05, 0.1) is 6.54 Å². The van der Waals surface area contributed by atoms with Crippen LogP contribution in [0.1, 0.15) is 31.3 Å². The molecule has 0 saturated carbocycles. The van der Waals surface area contributed by atoms with Crippen LogP contribution in [0, 0.1) is 0 Å². The lowest BCUT2D eigenvalue weighted by atomic mass is 10.1. The molecule has 0 aromatic carbocycles.